The Morgan fingerprint density at radius 2 is 1.48 bits per heavy atom. The van der Waals surface area contributed by atoms with Crippen molar-refractivity contribution in [3.8, 4) is 5.75 Å². The van der Waals surface area contributed by atoms with Crippen LogP contribution in [0, 0.1) is 5.92 Å². The van der Waals surface area contributed by atoms with Gasteiger partial charge < -0.3 is 15.0 Å². The zero-order valence-electron chi connectivity index (χ0n) is 25.0. The highest BCUT2D eigenvalue weighted by Crippen LogP contribution is 2.23. The molecule has 0 fully saturated rings. The second-order valence-corrected chi connectivity index (χ2v) is 12.6. The van der Waals surface area contributed by atoms with Gasteiger partial charge in [0.25, 0.3) is 0 Å². The summed E-state index contributed by atoms with van der Waals surface area (Å²) < 4.78 is 32.1. The Bertz CT molecular complexity index is 1360. The van der Waals surface area contributed by atoms with Crippen molar-refractivity contribution in [1.82, 2.24) is 10.2 Å². The number of amides is 2. The molecule has 226 valence electrons. The van der Waals surface area contributed by atoms with E-state index in [0.717, 1.165) is 17.4 Å². The highest BCUT2D eigenvalue weighted by atomic mass is 32.2. The quantitative estimate of drug-likeness (QED) is 0.251. The lowest BCUT2D eigenvalue weighted by molar-refractivity contribution is -0.141. The third kappa shape index (κ3) is 10.2. The van der Waals surface area contributed by atoms with Gasteiger partial charge in [0.1, 0.15) is 11.8 Å². The second kappa shape index (κ2) is 16.0. The van der Waals surface area contributed by atoms with E-state index < -0.39 is 16.1 Å². The summed E-state index contributed by atoms with van der Waals surface area (Å²) in [6, 6.07) is 25.4. The maximum atomic E-state index is 13.9. The Morgan fingerprint density at radius 1 is 0.881 bits per heavy atom. The molecule has 0 aliphatic rings. The molecule has 8 nitrogen and oxygen atoms in total. The van der Waals surface area contributed by atoms with E-state index in [1.165, 1.54) is 4.31 Å². The molecule has 0 bridgehead atoms. The third-order valence-corrected chi connectivity index (χ3v) is 7.93. The fraction of sp³-hybridized carbons (Fsp3) is 0.394. The molecule has 42 heavy (non-hydrogen) atoms. The number of sulfonamides is 1. The van der Waals surface area contributed by atoms with Crippen molar-refractivity contribution in [2.45, 2.75) is 52.6 Å². The zero-order valence-corrected chi connectivity index (χ0v) is 25.8. The maximum Gasteiger partial charge on any atom is 0.243 e. The summed E-state index contributed by atoms with van der Waals surface area (Å²) in [4.78, 5) is 29.1. The molecule has 3 aromatic rings. The van der Waals surface area contributed by atoms with Crippen LogP contribution in [0.2, 0.25) is 0 Å². The first-order chi connectivity index (χ1) is 20.1. The SMILES string of the molecule is CCOc1ccc(N(CCCC(=O)N(Cc2ccccc2)C(Cc2ccccc2)C(=O)NCC(C)C)S(C)(=O)=O)cc1. The summed E-state index contributed by atoms with van der Waals surface area (Å²) in [6.45, 7) is 7.34. The van der Waals surface area contributed by atoms with Gasteiger partial charge in [0.2, 0.25) is 21.8 Å². The lowest BCUT2D eigenvalue weighted by atomic mass is 10.0. The van der Waals surface area contributed by atoms with Crippen molar-refractivity contribution in [2.75, 3.05) is 30.3 Å². The summed E-state index contributed by atoms with van der Waals surface area (Å²) in [5.74, 6) is 0.499. The highest BCUT2D eigenvalue weighted by Gasteiger charge is 2.30. The van der Waals surface area contributed by atoms with Gasteiger partial charge in [-0.25, -0.2) is 8.42 Å². The number of ether oxygens (including phenoxy) is 1. The molecule has 0 aromatic heterocycles. The van der Waals surface area contributed by atoms with Crippen molar-refractivity contribution >= 4 is 27.5 Å². The van der Waals surface area contributed by atoms with Crippen LogP contribution in [-0.2, 0) is 32.6 Å². The van der Waals surface area contributed by atoms with Gasteiger partial charge in [-0.1, -0.05) is 74.5 Å². The first-order valence-electron chi connectivity index (χ1n) is 14.4. The van der Waals surface area contributed by atoms with Gasteiger partial charge in [0.05, 0.1) is 18.6 Å². The predicted octanol–water partition coefficient (Wildman–Crippen LogP) is 5.04. The highest BCUT2D eigenvalue weighted by molar-refractivity contribution is 7.92. The number of carbonyl (C=O) groups is 2. The molecule has 0 spiro atoms. The van der Waals surface area contributed by atoms with E-state index >= 15 is 0 Å². The number of carbonyl (C=O) groups excluding carboxylic acids is 2. The van der Waals surface area contributed by atoms with E-state index in [0.29, 0.717) is 31.0 Å². The monoisotopic (exact) mass is 593 g/mol. The van der Waals surface area contributed by atoms with Crippen LogP contribution in [0.4, 0.5) is 5.69 Å². The molecule has 0 saturated heterocycles. The summed E-state index contributed by atoms with van der Waals surface area (Å²) in [5, 5.41) is 3.02. The zero-order chi connectivity index (χ0) is 30.5. The first-order valence-corrected chi connectivity index (χ1v) is 16.3. The summed E-state index contributed by atoms with van der Waals surface area (Å²) in [7, 11) is -3.59. The van der Waals surface area contributed by atoms with Crippen LogP contribution in [0.25, 0.3) is 0 Å². The van der Waals surface area contributed by atoms with Gasteiger partial charge in [0, 0.05) is 32.5 Å². The number of rotatable bonds is 16. The predicted molar refractivity (Wildman–Crippen MR) is 168 cm³/mol. The Kier molecular flexibility index (Phi) is 12.4. The number of benzene rings is 3. The minimum Gasteiger partial charge on any atom is -0.494 e. The minimum atomic E-state index is -3.59. The fourth-order valence-corrected chi connectivity index (χ4v) is 5.60. The number of nitrogens with zero attached hydrogens (tertiary/aromatic N) is 2. The summed E-state index contributed by atoms with van der Waals surface area (Å²) in [5.41, 5.74) is 2.36. The summed E-state index contributed by atoms with van der Waals surface area (Å²) >= 11 is 0. The molecule has 0 aliphatic carbocycles. The van der Waals surface area contributed by atoms with Crippen LogP contribution < -0.4 is 14.4 Å². The lowest BCUT2D eigenvalue weighted by Crippen LogP contribution is -2.51. The van der Waals surface area contributed by atoms with Crippen molar-refractivity contribution in [2.24, 2.45) is 5.92 Å². The van der Waals surface area contributed by atoms with Gasteiger partial charge in [-0.3, -0.25) is 13.9 Å². The van der Waals surface area contributed by atoms with Crippen molar-refractivity contribution in [1.29, 1.82) is 0 Å². The molecule has 3 rings (SSSR count). The molecule has 0 heterocycles. The normalized spacial score (nSPS) is 12.0. The maximum absolute atomic E-state index is 13.9. The number of hydrogen-bond acceptors (Lipinski definition) is 5. The van der Waals surface area contributed by atoms with Crippen LogP contribution in [0.1, 0.15) is 44.7 Å². The Balaban J connectivity index is 1.83. The molecule has 1 atom stereocenters. The van der Waals surface area contributed by atoms with Gasteiger partial charge in [-0.2, -0.15) is 0 Å². The Morgan fingerprint density at radius 3 is 2.02 bits per heavy atom. The van der Waals surface area contributed by atoms with Gasteiger partial charge >= 0.3 is 0 Å². The van der Waals surface area contributed by atoms with E-state index in [4.69, 9.17) is 4.74 Å². The van der Waals surface area contributed by atoms with Crippen molar-refractivity contribution in [3.05, 3.63) is 96.1 Å². The Hall–Kier alpha value is -3.85. The van der Waals surface area contributed by atoms with Gasteiger partial charge in [-0.15, -0.1) is 0 Å². The first kappa shape index (κ1) is 32.7. The van der Waals surface area contributed by atoms with E-state index in [9.17, 15) is 18.0 Å². The standard InChI is InChI=1S/C33H43N3O5S/c1-5-41-30-20-18-29(19-21-30)36(42(4,39)40)22-12-17-32(37)35(25-28-15-10-7-11-16-28)31(33(38)34-24-26(2)3)23-27-13-8-6-9-14-27/h6-11,13-16,18-21,26,31H,5,12,17,22-25H2,1-4H3,(H,34,38). The molecular formula is C33H43N3O5S. The van der Waals surface area contributed by atoms with Crippen LogP contribution >= 0.6 is 0 Å². The molecule has 0 aliphatic heterocycles. The van der Waals surface area contributed by atoms with Crippen LogP contribution in [0.3, 0.4) is 0 Å². The van der Waals surface area contributed by atoms with E-state index in [1.54, 1.807) is 29.2 Å². The largest absolute Gasteiger partial charge is 0.494 e. The van der Waals surface area contributed by atoms with Crippen molar-refractivity contribution < 1.29 is 22.7 Å². The average molecular weight is 594 g/mol. The van der Waals surface area contributed by atoms with Crippen molar-refractivity contribution in [3.63, 3.8) is 0 Å². The average Bonchev–Trinajstić information content (AvgIpc) is 2.97. The number of hydrogen-bond donors (Lipinski definition) is 1. The third-order valence-electron chi connectivity index (χ3n) is 6.74. The van der Waals surface area contributed by atoms with Gasteiger partial charge in [-0.05, 0) is 54.7 Å². The summed E-state index contributed by atoms with van der Waals surface area (Å²) in [6.07, 6.45) is 1.89. The molecule has 1 unspecified atom stereocenters. The molecule has 3 aromatic carbocycles. The number of anilines is 1. The van der Waals surface area contributed by atoms with E-state index in [-0.39, 0.29) is 43.7 Å². The van der Waals surface area contributed by atoms with E-state index in [1.807, 2.05) is 81.4 Å². The topological polar surface area (TPSA) is 96.0 Å². The van der Waals surface area contributed by atoms with Crippen LogP contribution in [0.5, 0.6) is 5.75 Å². The minimum absolute atomic E-state index is 0.0820. The van der Waals surface area contributed by atoms with Gasteiger partial charge in [0.15, 0.2) is 0 Å². The lowest BCUT2D eigenvalue weighted by Gasteiger charge is -2.32. The Labute approximate surface area is 250 Å². The molecule has 0 radical (unpaired) electrons. The molecule has 2 amide bonds. The molecular weight excluding hydrogens is 550 g/mol. The van der Waals surface area contributed by atoms with Crippen LogP contribution in [0.15, 0.2) is 84.9 Å². The fourth-order valence-electron chi connectivity index (χ4n) is 4.64. The molecule has 9 heteroatoms. The number of nitrogens with one attached hydrogen (secondary N) is 1. The molecule has 0 saturated carbocycles. The molecule has 1 N–H and O–H groups in total. The van der Waals surface area contributed by atoms with Crippen LogP contribution in [-0.4, -0.2) is 57.1 Å². The smallest absolute Gasteiger partial charge is 0.243 e. The van der Waals surface area contributed by atoms with E-state index in [2.05, 4.69) is 5.32 Å². The second-order valence-electron chi connectivity index (χ2n) is 10.7.